The van der Waals surface area contributed by atoms with Gasteiger partial charge in [0.15, 0.2) is 0 Å². The minimum absolute atomic E-state index is 0.225. The second-order valence-corrected chi connectivity index (χ2v) is 3.79. The highest BCUT2D eigenvalue weighted by atomic mass is 19.1. The molecule has 0 bridgehead atoms. The van der Waals surface area contributed by atoms with Crippen molar-refractivity contribution in [3.05, 3.63) is 35.8 Å². The normalized spacial score (nSPS) is 13.3. The Morgan fingerprint density at radius 2 is 2.20 bits per heavy atom. The van der Waals surface area contributed by atoms with Gasteiger partial charge in [0.05, 0.1) is 0 Å². The molecular formula is C12H14FNO. The molecule has 0 aliphatic carbocycles. The van der Waals surface area contributed by atoms with E-state index in [4.69, 9.17) is 4.42 Å². The first-order valence-electron chi connectivity index (χ1n) is 5.04. The molecule has 0 aliphatic rings. The number of fused-ring (bicyclic) bond motifs is 1. The molecule has 0 radical (unpaired) electrons. The molecule has 1 aromatic carbocycles. The fourth-order valence-corrected chi connectivity index (χ4v) is 1.57. The van der Waals surface area contributed by atoms with E-state index >= 15 is 0 Å². The number of hydrogen-bond acceptors (Lipinski definition) is 2. The lowest BCUT2D eigenvalue weighted by molar-refractivity contribution is 0.497. The van der Waals surface area contributed by atoms with E-state index in [9.17, 15) is 4.39 Å². The highest BCUT2D eigenvalue weighted by Gasteiger charge is 2.07. The molecule has 2 rings (SSSR count). The molecule has 2 aromatic rings. The zero-order chi connectivity index (χ0) is 10.8. The van der Waals surface area contributed by atoms with Gasteiger partial charge in [-0.25, -0.2) is 4.39 Å². The average molecular weight is 207 g/mol. The van der Waals surface area contributed by atoms with Crippen molar-refractivity contribution in [3.63, 3.8) is 0 Å². The number of hydrogen-bond donors (Lipinski definition) is 1. The predicted octanol–water partition coefficient (Wildman–Crippen LogP) is 2.72. The lowest BCUT2D eigenvalue weighted by atomic mass is 10.2. The Kier molecular flexibility index (Phi) is 2.73. The Balaban J connectivity index is 2.30. The maximum Gasteiger partial charge on any atom is 0.134 e. The number of likely N-dealkylation sites (N-methyl/N-ethyl adjacent to an activating group) is 1. The zero-order valence-corrected chi connectivity index (χ0v) is 8.88. The van der Waals surface area contributed by atoms with Crippen LogP contribution in [0.2, 0.25) is 0 Å². The van der Waals surface area contributed by atoms with E-state index in [1.165, 1.54) is 12.1 Å². The first-order chi connectivity index (χ1) is 7.19. The number of halogens is 1. The van der Waals surface area contributed by atoms with Gasteiger partial charge >= 0.3 is 0 Å². The standard InChI is InChI=1S/C12H14FNO/c1-8(14-2)5-11-7-9-6-10(13)3-4-12(9)15-11/h3-4,6-8,14H,5H2,1-2H3. The van der Waals surface area contributed by atoms with Gasteiger partial charge in [0.2, 0.25) is 0 Å². The van der Waals surface area contributed by atoms with Gasteiger partial charge in [0.25, 0.3) is 0 Å². The Labute approximate surface area is 88.1 Å². The van der Waals surface area contributed by atoms with Crippen LogP contribution in [-0.4, -0.2) is 13.1 Å². The third-order valence-corrected chi connectivity index (χ3v) is 2.53. The van der Waals surface area contributed by atoms with Crippen LogP contribution in [0.1, 0.15) is 12.7 Å². The van der Waals surface area contributed by atoms with Crippen molar-refractivity contribution in [2.45, 2.75) is 19.4 Å². The van der Waals surface area contributed by atoms with Crippen molar-refractivity contribution >= 4 is 11.0 Å². The number of rotatable bonds is 3. The molecule has 1 atom stereocenters. The van der Waals surface area contributed by atoms with Crippen molar-refractivity contribution in [2.75, 3.05) is 7.05 Å². The summed E-state index contributed by atoms with van der Waals surface area (Å²) in [5.41, 5.74) is 0.745. The van der Waals surface area contributed by atoms with Crippen molar-refractivity contribution < 1.29 is 8.81 Å². The van der Waals surface area contributed by atoms with Crippen LogP contribution in [0.5, 0.6) is 0 Å². The smallest absolute Gasteiger partial charge is 0.134 e. The van der Waals surface area contributed by atoms with Crippen LogP contribution in [-0.2, 0) is 6.42 Å². The van der Waals surface area contributed by atoms with Crippen molar-refractivity contribution in [2.24, 2.45) is 0 Å². The highest BCUT2D eigenvalue weighted by Crippen LogP contribution is 2.21. The van der Waals surface area contributed by atoms with Crippen molar-refractivity contribution in [1.29, 1.82) is 0 Å². The van der Waals surface area contributed by atoms with Gasteiger partial charge in [0.1, 0.15) is 17.2 Å². The molecule has 1 unspecified atom stereocenters. The third-order valence-electron chi connectivity index (χ3n) is 2.53. The van der Waals surface area contributed by atoms with E-state index in [1.54, 1.807) is 6.07 Å². The summed E-state index contributed by atoms with van der Waals surface area (Å²) in [4.78, 5) is 0. The first kappa shape index (κ1) is 10.2. The van der Waals surface area contributed by atoms with Crippen LogP contribution in [0.4, 0.5) is 4.39 Å². The Bertz CT molecular complexity index is 464. The summed E-state index contributed by atoms with van der Waals surface area (Å²) in [5, 5.41) is 3.96. The zero-order valence-electron chi connectivity index (χ0n) is 8.88. The molecule has 0 saturated heterocycles. The summed E-state index contributed by atoms with van der Waals surface area (Å²) in [7, 11) is 1.91. The fourth-order valence-electron chi connectivity index (χ4n) is 1.57. The number of benzene rings is 1. The fraction of sp³-hybridized carbons (Fsp3) is 0.333. The van der Waals surface area contributed by atoms with Gasteiger partial charge in [0, 0.05) is 17.8 Å². The van der Waals surface area contributed by atoms with Gasteiger partial charge in [-0.1, -0.05) is 0 Å². The minimum Gasteiger partial charge on any atom is -0.461 e. The van der Waals surface area contributed by atoms with Crippen LogP contribution >= 0.6 is 0 Å². The average Bonchev–Trinajstić information content (AvgIpc) is 2.59. The molecule has 1 N–H and O–H groups in total. The molecular weight excluding hydrogens is 193 g/mol. The maximum atomic E-state index is 12.9. The summed E-state index contributed by atoms with van der Waals surface area (Å²) < 4.78 is 18.5. The topological polar surface area (TPSA) is 25.2 Å². The van der Waals surface area contributed by atoms with Crippen LogP contribution in [0, 0.1) is 5.82 Å². The van der Waals surface area contributed by atoms with Crippen LogP contribution in [0.3, 0.4) is 0 Å². The molecule has 1 aromatic heterocycles. The van der Waals surface area contributed by atoms with E-state index in [1.807, 2.05) is 13.1 Å². The molecule has 3 heteroatoms. The Morgan fingerprint density at radius 1 is 1.40 bits per heavy atom. The lowest BCUT2D eigenvalue weighted by Gasteiger charge is -2.06. The van der Waals surface area contributed by atoms with Crippen LogP contribution < -0.4 is 5.32 Å². The summed E-state index contributed by atoms with van der Waals surface area (Å²) in [6.07, 6.45) is 0.812. The molecule has 80 valence electrons. The van der Waals surface area contributed by atoms with Gasteiger partial charge in [-0.2, -0.15) is 0 Å². The van der Waals surface area contributed by atoms with Crippen LogP contribution in [0.25, 0.3) is 11.0 Å². The second kappa shape index (κ2) is 4.03. The van der Waals surface area contributed by atoms with Gasteiger partial charge in [-0.3, -0.25) is 0 Å². The van der Waals surface area contributed by atoms with Gasteiger partial charge in [-0.15, -0.1) is 0 Å². The van der Waals surface area contributed by atoms with Gasteiger partial charge < -0.3 is 9.73 Å². The van der Waals surface area contributed by atoms with E-state index in [-0.39, 0.29) is 5.82 Å². The third kappa shape index (κ3) is 2.18. The van der Waals surface area contributed by atoms with Crippen LogP contribution in [0.15, 0.2) is 28.7 Å². The molecule has 0 spiro atoms. The predicted molar refractivity (Wildman–Crippen MR) is 58.4 cm³/mol. The van der Waals surface area contributed by atoms with E-state index in [0.717, 1.165) is 23.2 Å². The molecule has 1 heterocycles. The summed E-state index contributed by atoms with van der Waals surface area (Å²) in [6, 6.07) is 6.82. The summed E-state index contributed by atoms with van der Waals surface area (Å²) in [5.74, 6) is 0.661. The molecule has 0 fully saturated rings. The SMILES string of the molecule is CNC(C)Cc1cc2cc(F)ccc2o1. The van der Waals surface area contributed by atoms with Crippen molar-refractivity contribution in [3.8, 4) is 0 Å². The summed E-state index contributed by atoms with van der Waals surface area (Å²) >= 11 is 0. The Morgan fingerprint density at radius 3 is 2.93 bits per heavy atom. The minimum atomic E-state index is -0.225. The molecule has 0 amide bonds. The molecule has 0 saturated carbocycles. The monoisotopic (exact) mass is 207 g/mol. The number of furan rings is 1. The van der Waals surface area contributed by atoms with Crippen molar-refractivity contribution in [1.82, 2.24) is 5.32 Å². The second-order valence-electron chi connectivity index (χ2n) is 3.79. The van der Waals surface area contributed by atoms with E-state index in [2.05, 4.69) is 12.2 Å². The maximum absolute atomic E-state index is 12.9. The van der Waals surface area contributed by atoms with Gasteiger partial charge in [-0.05, 0) is 38.2 Å². The highest BCUT2D eigenvalue weighted by molar-refractivity contribution is 5.77. The molecule has 2 nitrogen and oxygen atoms in total. The largest absolute Gasteiger partial charge is 0.461 e. The summed E-state index contributed by atoms with van der Waals surface area (Å²) in [6.45, 7) is 2.08. The quantitative estimate of drug-likeness (QED) is 0.837. The number of nitrogens with one attached hydrogen (secondary N) is 1. The Hall–Kier alpha value is -1.35. The van der Waals surface area contributed by atoms with E-state index < -0.39 is 0 Å². The van der Waals surface area contributed by atoms with E-state index in [0.29, 0.717) is 6.04 Å². The molecule has 15 heavy (non-hydrogen) atoms. The lowest BCUT2D eigenvalue weighted by Crippen LogP contribution is -2.23. The molecule has 0 aliphatic heterocycles. The first-order valence-corrected chi connectivity index (χ1v) is 5.04.